The average Bonchev–Trinajstić information content (AvgIpc) is 3.43. The Labute approximate surface area is 173 Å². The van der Waals surface area contributed by atoms with E-state index in [9.17, 15) is 9.18 Å². The third-order valence-electron chi connectivity index (χ3n) is 5.78. The summed E-state index contributed by atoms with van der Waals surface area (Å²) in [4.78, 5) is 21.6. The first-order chi connectivity index (χ1) is 13.7. The number of carbonyl (C=O) groups is 1. The zero-order valence-corrected chi connectivity index (χ0v) is 17.9. The Bertz CT molecular complexity index is 840. The van der Waals surface area contributed by atoms with Crippen molar-refractivity contribution in [1.29, 1.82) is 0 Å². The fraction of sp³-hybridized carbons (Fsp3) is 0.478. The molecule has 0 unspecified atom stereocenters. The quantitative estimate of drug-likeness (QED) is 0.449. The summed E-state index contributed by atoms with van der Waals surface area (Å²) in [6, 6.07) is 6.51. The lowest BCUT2D eigenvalue weighted by atomic mass is 10.00. The number of hydrogen-bond acceptors (Lipinski definition) is 4. The highest BCUT2D eigenvalue weighted by Gasteiger charge is 2.38. The molecule has 156 valence electrons. The predicted octanol–water partition coefficient (Wildman–Crippen LogP) is 3.88. The maximum absolute atomic E-state index is 13.3. The summed E-state index contributed by atoms with van der Waals surface area (Å²) in [5.41, 5.74) is 3.57. The third-order valence-corrected chi connectivity index (χ3v) is 5.78. The number of amides is 1. The summed E-state index contributed by atoms with van der Waals surface area (Å²) in [6.07, 6.45) is 2.20. The number of allylic oxidation sites excluding steroid dienone is 1. The van der Waals surface area contributed by atoms with Crippen LogP contribution in [0.15, 0.2) is 51.8 Å². The highest BCUT2D eigenvalue weighted by Crippen LogP contribution is 2.36. The summed E-state index contributed by atoms with van der Waals surface area (Å²) < 4.78 is 13.2. The van der Waals surface area contributed by atoms with Gasteiger partial charge in [0, 0.05) is 48.6 Å². The van der Waals surface area contributed by atoms with Crippen molar-refractivity contribution < 1.29 is 9.18 Å². The molecule has 0 bridgehead atoms. The van der Waals surface area contributed by atoms with Gasteiger partial charge in [-0.05, 0) is 71.5 Å². The third kappa shape index (κ3) is 4.86. The first kappa shape index (κ1) is 21.1. The number of anilines is 1. The topological polar surface area (TPSA) is 47.9 Å². The van der Waals surface area contributed by atoms with E-state index in [1.807, 2.05) is 25.7 Å². The van der Waals surface area contributed by atoms with Gasteiger partial charge in [0.25, 0.3) is 5.91 Å². The monoisotopic (exact) mass is 398 g/mol. The Kier molecular flexibility index (Phi) is 6.10. The fourth-order valence-corrected chi connectivity index (χ4v) is 3.70. The van der Waals surface area contributed by atoms with Gasteiger partial charge in [0.2, 0.25) is 0 Å². The lowest BCUT2D eigenvalue weighted by Gasteiger charge is -2.37. The van der Waals surface area contributed by atoms with Gasteiger partial charge < -0.3 is 15.1 Å². The fourth-order valence-electron chi connectivity index (χ4n) is 3.70. The van der Waals surface area contributed by atoms with Crippen molar-refractivity contribution in [2.75, 3.05) is 31.1 Å². The number of rotatable bonds is 6. The minimum absolute atomic E-state index is 0.0326. The van der Waals surface area contributed by atoms with Crippen LogP contribution in [-0.2, 0) is 4.79 Å². The minimum Gasteiger partial charge on any atom is -0.368 e. The normalized spacial score (nSPS) is 18.7. The zero-order chi connectivity index (χ0) is 21.2. The van der Waals surface area contributed by atoms with Crippen LogP contribution in [0.5, 0.6) is 0 Å². The van der Waals surface area contributed by atoms with Gasteiger partial charge in [-0.25, -0.2) is 9.38 Å². The van der Waals surface area contributed by atoms with E-state index in [0.29, 0.717) is 24.5 Å². The molecule has 2 aliphatic rings. The van der Waals surface area contributed by atoms with Crippen molar-refractivity contribution in [2.24, 2.45) is 4.99 Å². The molecule has 1 saturated heterocycles. The molecule has 5 nitrogen and oxygen atoms in total. The number of hydrogen-bond donors (Lipinski definition) is 1. The van der Waals surface area contributed by atoms with E-state index in [0.717, 1.165) is 42.8 Å². The largest absolute Gasteiger partial charge is 0.368 e. The molecule has 29 heavy (non-hydrogen) atoms. The SMILES string of the molecule is C=N/C(NC1(C)CC1)=C(\C)C(C(=O)N1CCN(c2ccc(F)cc2)CC1)=C(C)C. The first-order valence-electron chi connectivity index (χ1n) is 10.2. The molecule has 1 aromatic rings. The van der Waals surface area contributed by atoms with Gasteiger partial charge >= 0.3 is 0 Å². The maximum atomic E-state index is 13.3. The highest BCUT2D eigenvalue weighted by atomic mass is 19.1. The molecule has 1 saturated carbocycles. The van der Waals surface area contributed by atoms with Gasteiger partial charge in [-0.2, -0.15) is 0 Å². The molecule has 2 fully saturated rings. The molecule has 0 atom stereocenters. The number of nitrogens with one attached hydrogen (secondary N) is 1. The van der Waals surface area contributed by atoms with Crippen LogP contribution in [0.4, 0.5) is 10.1 Å². The summed E-state index contributed by atoms with van der Waals surface area (Å²) in [6.45, 7) is 14.4. The van der Waals surface area contributed by atoms with Crippen LogP contribution >= 0.6 is 0 Å². The maximum Gasteiger partial charge on any atom is 0.254 e. The number of piperazine rings is 1. The molecule has 0 aromatic heterocycles. The zero-order valence-electron chi connectivity index (χ0n) is 17.9. The van der Waals surface area contributed by atoms with Crippen LogP contribution in [0.3, 0.4) is 0 Å². The van der Waals surface area contributed by atoms with Crippen LogP contribution in [0.2, 0.25) is 0 Å². The molecule has 1 heterocycles. The summed E-state index contributed by atoms with van der Waals surface area (Å²) in [5, 5.41) is 3.45. The van der Waals surface area contributed by atoms with Crippen molar-refractivity contribution >= 4 is 18.3 Å². The van der Waals surface area contributed by atoms with Crippen molar-refractivity contribution in [1.82, 2.24) is 10.2 Å². The lowest BCUT2D eigenvalue weighted by Crippen LogP contribution is -2.49. The molecule has 1 amide bonds. The van der Waals surface area contributed by atoms with Gasteiger partial charge in [0.15, 0.2) is 0 Å². The van der Waals surface area contributed by atoms with Gasteiger partial charge in [-0.15, -0.1) is 0 Å². The lowest BCUT2D eigenvalue weighted by molar-refractivity contribution is -0.127. The molecule has 1 aliphatic heterocycles. The van der Waals surface area contributed by atoms with Crippen LogP contribution < -0.4 is 10.2 Å². The van der Waals surface area contributed by atoms with Crippen molar-refractivity contribution in [3.05, 3.63) is 52.6 Å². The molecule has 1 aromatic carbocycles. The van der Waals surface area contributed by atoms with Gasteiger partial charge in [0.05, 0.1) is 0 Å². The Hall–Kier alpha value is -2.63. The van der Waals surface area contributed by atoms with Gasteiger partial charge in [0.1, 0.15) is 11.6 Å². The van der Waals surface area contributed by atoms with E-state index in [1.54, 1.807) is 12.1 Å². The van der Waals surface area contributed by atoms with Gasteiger partial charge in [-0.3, -0.25) is 4.79 Å². The van der Waals surface area contributed by atoms with Crippen LogP contribution in [0.25, 0.3) is 0 Å². The second kappa shape index (κ2) is 8.39. The summed E-state index contributed by atoms with van der Waals surface area (Å²) in [5.74, 6) is 0.489. The number of benzene rings is 1. The van der Waals surface area contributed by atoms with E-state index < -0.39 is 0 Å². The average molecular weight is 399 g/mol. The minimum atomic E-state index is -0.238. The molecule has 3 rings (SSSR count). The molecular formula is C23H31FN4O. The molecule has 0 spiro atoms. The predicted molar refractivity (Wildman–Crippen MR) is 117 cm³/mol. The van der Waals surface area contributed by atoms with Crippen LogP contribution in [0, 0.1) is 5.82 Å². The van der Waals surface area contributed by atoms with Crippen molar-refractivity contribution in [3.63, 3.8) is 0 Å². The van der Waals surface area contributed by atoms with Crippen LogP contribution in [0.1, 0.15) is 40.5 Å². The summed E-state index contributed by atoms with van der Waals surface area (Å²) >= 11 is 0. The van der Waals surface area contributed by atoms with Crippen LogP contribution in [-0.4, -0.2) is 49.2 Å². The number of halogens is 1. The van der Waals surface area contributed by atoms with E-state index in [2.05, 4.69) is 28.9 Å². The van der Waals surface area contributed by atoms with E-state index in [-0.39, 0.29) is 17.3 Å². The van der Waals surface area contributed by atoms with E-state index in [4.69, 9.17) is 0 Å². The standard InChI is InChI=1S/C23H31FN4O/c1-16(2)20(17(3)21(25-5)26-23(4)10-11-23)22(29)28-14-12-27(13-15-28)19-8-6-18(24)7-9-19/h6-9,26H,5,10-15H2,1-4H3/b21-17-. The van der Waals surface area contributed by atoms with Crippen molar-refractivity contribution in [3.8, 4) is 0 Å². The van der Waals surface area contributed by atoms with Crippen molar-refractivity contribution in [2.45, 2.75) is 46.1 Å². The summed E-state index contributed by atoms with van der Waals surface area (Å²) in [7, 11) is 0. The highest BCUT2D eigenvalue weighted by molar-refractivity contribution is 5.98. The smallest absolute Gasteiger partial charge is 0.254 e. The molecule has 6 heteroatoms. The molecule has 1 N–H and O–H groups in total. The molecular weight excluding hydrogens is 367 g/mol. The Morgan fingerprint density at radius 2 is 1.69 bits per heavy atom. The molecule has 0 radical (unpaired) electrons. The first-order valence-corrected chi connectivity index (χ1v) is 10.2. The number of nitrogens with zero attached hydrogens (tertiary/aromatic N) is 3. The Morgan fingerprint density at radius 1 is 1.10 bits per heavy atom. The Balaban J connectivity index is 1.73. The second-order valence-corrected chi connectivity index (χ2v) is 8.45. The Morgan fingerprint density at radius 3 is 2.17 bits per heavy atom. The number of aliphatic imine (C=N–C) groups is 1. The molecule has 1 aliphatic carbocycles. The number of carbonyl (C=O) groups excluding carboxylic acids is 1. The van der Waals surface area contributed by atoms with E-state index >= 15 is 0 Å². The van der Waals surface area contributed by atoms with Gasteiger partial charge in [-0.1, -0.05) is 5.57 Å². The van der Waals surface area contributed by atoms with E-state index in [1.165, 1.54) is 12.1 Å². The second-order valence-electron chi connectivity index (χ2n) is 8.45.